The highest BCUT2D eigenvalue weighted by Gasteiger charge is 2.19. The molecule has 0 heterocycles. The first-order chi connectivity index (χ1) is 9.08. The number of rotatable bonds is 5. The smallest absolute Gasteiger partial charge is 0.396 e. The lowest BCUT2D eigenvalue weighted by Gasteiger charge is -2.15. The van der Waals surface area contributed by atoms with Gasteiger partial charge in [0.15, 0.2) is 0 Å². The zero-order valence-electron chi connectivity index (χ0n) is 11.8. The first-order valence-corrected chi connectivity index (χ1v) is 6.58. The number of hydrogen-bond donors (Lipinski definition) is 0. The van der Waals surface area contributed by atoms with E-state index in [1.165, 1.54) is 10.5 Å². The molecule has 0 aliphatic rings. The molecule has 1 rings (SSSR count). The Morgan fingerprint density at radius 1 is 1.11 bits per heavy atom. The first kappa shape index (κ1) is 15.2. The maximum absolute atomic E-state index is 11.6. The van der Waals surface area contributed by atoms with Crippen molar-refractivity contribution in [3.63, 3.8) is 0 Å². The standard InChI is InChI=1S/C15H21NO3/c1-4-12-6-8-13(9-7-12)10-11-16(3)14(17)15(18)19-5-2/h6-9H,4-5,10-11H2,1-3H3. The Morgan fingerprint density at radius 2 is 1.68 bits per heavy atom. The van der Waals surface area contributed by atoms with Crippen LogP contribution >= 0.6 is 0 Å². The minimum absolute atomic E-state index is 0.219. The molecular weight excluding hydrogens is 242 g/mol. The summed E-state index contributed by atoms with van der Waals surface area (Å²) < 4.78 is 4.68. The molecule has 0 N–H and O–H groups in total. The predicted octanol–water partition coefficient (Wildman–Crippen LogP) is 1.81. The van der Waals surface area contributed by atoms with Gasteiger partial charge in [0.2, 0.25) is 0 Å². The number of benzene rings is 1. The molecule has 1 aromatic rings. The van der Waals surface area contributed by atoms with Gasteiger partial charge in [-0.3, -0.25) is 4.79 Å². The number of likely N-dealkylation sites (N-methyl/N-ethyl adjacent to an activating group) is 1. The van der Waals surface area contributed by atoms with Crippen LogP contribution in [0.15, 0.2) is 24.3 Å². The van der Waals surface area contributed by atoms with Gasteiger partial charge in [0.1, 0.15) is 0 Å². The Labute approximate surface area is 114 Å². The second-order valence-corrected chi connectivity index (χ2v) is 4.37. The van der Waals surface area contributed by atoms with E-state index in [0.29, 0.717) is 6.54 Å². The Balaban J connectivity index is 2.46. The lowest BCUT2D eigenvalue weighted by atomic mass is 10.1. The number of carbonyl (C=O) groups excluding carboxylic acids is 2. The van der Waals surface area contributed by atoms with Gasteiger partial charge in [0, 0.05) is 13.6 Å². The average molecular weight is 263 g/mol. The molecule has 19 heavy (non-hydrogen) atoms. The van der Waals surface area contributed by atoms with Gasteiger partial charge in [0.25, 0.3) is 0 Å². The van der Waals surface area contributed by atoms with Gasteiger partial charge < -0.3 is 9.64 Å². The van der Waals surface area contributed by atoms with E-state index >= 15 is 0 Å². The molecule has 0 aromatic heterocycles. The molecular formula is C15H21NO3. The largest absolute Gasteiger partial charge is 0.459 e. The molecule has 0 fully saturated rings. The fourth-order valence-electron chi connectivity index (χ4n) is 1.69. The molecule has 0 aliphatic carbocycles. The number of carbonyl (C=O) groups is 2. The zero-order valence-corrected chi connectivity index (χ0v) is 11.8. The lowest BCUT2D eigenvalue weighted by molar-refractivity contribution is -0.159. The van der Waals surface area contributed by atoms with Crippen molar-refractivity contribution in [3.8, 4) is 0 Å². The molecule has 104 valence electrons. The molecule has 4 heteroatoms. The minimum Gasteiger partial charge on any atom is -0.459 e. The van der Waals surface area contributed by atoms with Crippen molar-refractivity contribution in [1.29, 1.82) is 0 Å². The quantitative estimate of drug-likeness (QED) is 0.601. The van der Waals surface area contributed by atoms with Crippen molar-refractivity contribution in [2.45, 2.75) is 26.7 Å². The van der Waals surface area contributed by atoms with Crippen molar-refractivity contribution in [2.24, 2.45) is 0 Å². The summed E-state index contributed by atoms with van der Waals surface area (Å²) in [5.74, 6) is -1.38. The van der Waals surface area contributed by atoms with E-state index in [1.807, 2.05) is 0 Å². The molecule has 0 unspecified atom stereocenters. The molecule has 4 nitrogen and oxygen atoms in total. The van der Waals surface area contributed by atoms with Crippen molar-refractivity contribution in [2.75, 3.05) is 20.2 Å². The molecule has 0 radical (unpaired) electrons. The average Bonchev–Trinajstić information content (AvgIpc) is 2.44. The fourth-order valence-corrected chi connectivity index (χ4v) is 1.69. The van der Waals surface area contributed by atoms with E-state index in [0.717, 1.165) is 18.4 Å². The van der Waals surface area contributed by atoms with E-state index in [2.05, 4.69) is 35.9 Å². The van der Waals surface area contributed by atoms with E-state index in [-0.39, 0.29) is 6.61 Å². The maximum atomic E-state index is 11.6. The number of esters is 1. The van der Waals surface area contributed by atoms with Gasteiger partial charge in [-0.15, -0.1) is 0 Å². The third-order valence-electron chi connectivity index (χ3n) is 2.96. The summed E-state index contributed by atoms with van der Waals surface area (Å²) in [6, 6.07) is 8.29. The van der Waals surface area contributed by atoms with E-state index in [9.17, 15) is 9.59 Å². The topological polar surface area (TPSA) is 46.6 Å². The summed E-state index contributed by atoms with van der Waals surface area (Å²) in [6.45, 7) is 4.52. The van der Waals surface area contributed by atoms with Crippen LogP contribution in [0.3, 0.4) is 0 Å². The van der Waals surface area contributed by atoms with Gasteiger partial charge in [-0.2, -0.15) is 0 Å². The molecule has 1 aromatic carbocycles. The Bertz CT molecular complexity index is 426. The molecule has 0 aliphatic heterocycles. The second-order valence-electron chi connectivity index (χ2n) is 4.37. The maximum Gasteiger partial charge on any atom is 0.396 e. The van der Waals surface area contributed by atoms with E-state index in [4.69, 9.17) is 0 Å². The number of ether oxygens (including phenoxy) is 1. The van der Waals surface area contributed by atoms with Crippen LogP contribution in [0.5, 0.6) is 0 Å². The number of aryl methyl sites for hydroxylation is 1. The monoisotopic (exact) mass is 263 g/mol. The normalized spacial score (nSPS) is 10.1. The van der Waals surface area contributed by atoms with Crippen molar-refractivity contribution in [1.82, 2.24) is 4.90 Å². The van der Waals surface area contributed by atoms with Crippen LogP contribution in [0, 0.1) is 0 Å². The molecule has 0 saturated carbocycles. The predicted molar refractivity (Wildman–Crippen MR) is 73.8 cm³/mol. The third kappa shape index (κ3) is 4.73. The highest BCUT2D eigenvalue weighted by atomic mass is 16.5. The molecule has 0 bridgehead atoms. The van der Waals surface area contributed by atoms with Crippen LogP contribution in [0.2, 0.25) is 0 Å². The first-order valence-electron chi connectivity index (χ1n) is 6.58. The SMILES string of the molecule is CCOC(=O)C(=O)N(C)CCc1ccc(CC)cc1. The van der Waals surface area contributed by atoms with E-state index in [1.54, 1.807) is 14.0 Å². The summed E-state index contributed by atoms with van der Waals surface area (Å²) in [5.41, 5.74) is 2.44. The van der Waals surface area contributed by atoms with Crippen LogP contribution in [0.1, 0.15) is 25.0 Å². The van der Waals surface area contributed by atoms with Crippen LogP contribution in [0.25, 0.3) is 0 Å². The van der Waals surface area contributed by atoms with Gasteiger partial charge in [-0.1, -0.05) is 31.2 Å². The zero-order chi connectivity index (χ0) is 14.3. The van der Waals surface area contributed by atoms with Gasteiger partial charge in [-0.05, 0) is 30.9 Å². The summed E-state index contributed by atoms with van der Waals surface area (Å²) in [7, 11) is 1.61. The number of nitrogens with zero attached hydrogens (tertiary/aromatic N) is 1. The summed E-state index contributed by atoms with van der Waals surface area (Å²) >= 11 is 0. The molecule has 0 saturated heterocycles. The summed E-state index contributed by atoms with van der Waals surface area (Å²) in [4.78, 5) is 24.3. The van der Waals surface area contributed by atoms with Crippen LogP contribution in [-0.2, 0) is 27.2 Å². The minimum atomic E-state index is -0.786. The Kier molecular flexibility index (Phi) is 6.06. The van der Waals surface area contributed by atoms with Crippen molar-refractivity contribution >= 4 is 11.9 Å². The third-order valence-corrected chi connectivity index (χ3v) is 2.96. The van der Waals surface area contributed by atoms with Crippen molar-refractivity contribution in [3.05, 3.63) is 35.4 Å². The Morgan fingerprint density at radius 3 is 2.21 bits per heavy atom. The van der Waals surface area contributed by atoms with Crippen LogP contribution in [-0.4, -0.2) is 37.0 Å². The van der Waals surface area contributed by atoms with E-state index < -0.39 is 11.9 Å². The lowest BCUT2D eigenvalue weighted by Crippen LogP contribution is -2.35. The fraction of sp³-hybridized carbons (Fsp3) is 0.467. The Hall–Kier alpha value is -1.84. The second kappa shape index (κ2) is 7.56. The number of hydrogen-bond acceptors (Lipinski definition) is 3. The van der Waals surface area contributed by atoms with Crippen LogP contribution < -0.4 is 0 Å². The highest BCUT2D eigenvalue weighted by molar-refractivity contribution is 6.32. The van der Waals surface area contributed by atoms with Gasteiger partial charge in [-0.25, -0.2) is 4.79 Å². The molecule has 0 spiro atoms. The van der Waals surface area contributed by atoms with Gasteiger partial charge >= 0.3 is 11.9 Å². The summed E-state index contributed by atoms with van der Waals surface area (Å²) in [6.07, 6.45) is 1.74. The summed E-state index contributed by atoms with van der Waals surface area (Å²) in [5, 5.41) is 0. The highest BCUT2D eigenvalue weighted by Crippen LogP contribution is 2.06. The van der Waals surface area contributed by atoms with Crippen LogP contribution in [0.4, 0.5) is 0 Å². The number of amides is 1. The van der Waals surface area contributed by atoms with Gasteiger partial charge in [0.05, 0.1) is 6.61 Å². The molecule has 1 amide bonds. The molecule has 0 atom stereocenters. The van der Waals surface area contributed by atoms with Crippen molar-refractivity contribution < 1.29 is 14.3 Å².